The number of hydrogen-bond donors (Lipinski definition) is 0. The topological polar surface area (TPSA) is 66.1 Å². The number of halogens is 3. The molecular weight excluding hydrogens is 363 g/mol. The summed E-state index contributed by atoms with van der Waals surface area (Å²) in [4.78, 5) is 25.2. The molecule has 0 fully saturated rings. The van der Waals surface area contributed by atoms with Crippen molar-refractivity contribution in [3.8, 4) is 0 Å². The standard InChI is InChI=1S/C18H20F3N3O3/c1-18(2,3)27-16(25)14-5-4-6-15-22-23(17(26)24(14)15)9-10-7-12(20)13(21)8-11(10)19/h7-8,14H,4-6,9H2,1-3H3/t14-/m1/s1. The molecule has 2 aromatic rings. The van der Waals surface area contributed by atoms with Crippen molar-refractivity contribution in [2.45, 2.75) is 58.2 Å². The molecule has 0 bridgehead atoms. The van der Waals surface area contributed by atoms with Crippen LogP contribution in [0.15, 0.2) is 16.9 Å². The molecule has 0 amide bonds. The van der Waals surface area contributed by atoms with Crippen LogP contribution in [0.4, 0.5) is 13.2 Å². The van der Waals surface area contributed by atoms with Crippen molar-refractivity contribution >= 4 is 5.97 Å². The zero-order chi connectivity index (χ0) is 19.9. The van der Waals surface area contributed by atoms with Crippen LogP contribution in [0.25, 0.3) is 0 Å². The summed E-state index contributed by atoms with van der Waals surface area (Å²) in [6.07, 6.45) is 1.54. The number of aryl methyl sites for hydroxylation is 1. The second-order valence-corrected chi connectivity index (χ2v) is 7.53. The molecule has 0 N–H and O–H groups in total. The van der Waals surface area contributed by atoms with Gasteiger partial charge in [-0.2, -0.15) is 5.10 Å². The van der Waals surface area contributed by atoms with Crippen LogP contribution in [0.1, 0.15) is 51.0 Å². The minimum atomic E-state index is -1.31. The summed E-state index contributed by atoms with van der Waals surface area (Å²) in [5.41, 5.74) is -1.53. The Balaban J connectivity index is 1.95. The molecule has 0 unspecified atom stereocenters. The van der Waals surface area contributed by atoms with Crippen molar-refractivity contribution in [3.63, 3.8) is 0 Å². The molecule has 1 aromatic heterocycles. The number of nitrogens with zero attached hydrogens (tertiary/aromatic N) is 3. The van der Waals surface area contributed by atoms with Gasteiger partial charge in [0, 0.05) is 18.1 Å². The summed E-state index contributed by atoms with van der Waals surface area (Å²) in [5.74, 6) is -3.66. The maximum absolute atomic E-state index is 13.9. The normalized spacial score (nSPS) is 16.9. The Morgan fingerprint density at radius 1 is 1.22 bits per heavy atom. The van der Waals surface area contributed by atoms with Gasteiger partial charge in [-0.15, -0.1) is 0 Å². The lowest BCUT2D eigenvalue weighted by atomic mass is 10.0. The van der Waals surface area contributed by atoms with E-state index in [4.69, 9.17) is 4.74 Å². The molecular formula is C18H20F3N3O3. The van der Waals surface area contributed by atoms with E-state index in [9.17, 15) is 22.8 Å². The first-order valence-corrected chi connectivity index (χ1v) is 8.61. The van der Waals surface area contributed by atoms with Gasteiger partial charge in [0.1, 0.15) is 23.3 Å². The van der Waals surface area contributed by atoms with Gasteiger partial charge < -0.3 is 4.74 Å². The Hall–Kier alpha value is -2.58. The van der Waals surface area contributed by atoms with Crippen molar-refractivity contribution < 1.29 is 22.7 Å². The maximum Gasteiger partial charge on any atom is 0.347 e. The van der Waals surface area contributed by atoms with E-state index >= 15 is 0 Å². The van der Waals surface area contributed by atoms with Crippen LogP contribution in [0.3, 0.4) is 0 Å². The molecule has 0 radical (unpaired) electrons. The van der Waals surface area contributed by atoms with E-state index < -0.39 is 40.8 Å². The SMILES string of the molecule is CC(C)(C)OC(=O)[C@H]1CCCc2nn(Cc3cc(F)c(F)cc3F)c(=O)n21. The highest BCUT2D eigenvalue weighted by Crippen LogP contribution is 2.25. The smallest absolute Gasteiger partial charge is 0.347 e. The minimum Gasteiger partial charge on any atom is -0.458 e. The van der Waals surface area contributed by atoms with Crippen molar-refractivity contribution in [2.75, 3.05) is 0 Å². The summed E-state index contributed by atoms with van der Waals surface area (Å²) < 4.78 is 47.9. The van der Waals surface area contributed by atoms with Gasteiger partial charge in [-0.25, -0.2) is 27.4 Å². The molecule has 27 heavy (non-hydrogen) atoms. The third-order valence-corrected chi connectivity index (χ3v) is 4.22. The molecule has 9 heteroatoms. The molecule has 146 valence electrons. The first-order valence-electron chi connectivity index (χ1n) is 8.61. The summed E-state index contributed by atoms with van der Waals surface area (Å²) in [6.45, 7) is 4.81. The molecule has 1 aliphatic rings. The molecule has 3 rings (SSSR count). The Bertz CT molecular complexity index is 944. The van der Waals surface area contributed by atoms with Crippen LogP contribution < -0.4 is 5.69 Å². The van der Waals surface area contributed by atoms with Crippen LogP contribution in [0.5, 0.6) is 0 Å². The number of benzene rings is 1. The predicted molar refractivity (Wildman–Crippen MR) is 89.7 cm³/mol. The largest absolute Gasteiger partial charge is 0.458 e. The summed E-state index contributed by atoms with van der Waals surface area (Å²) in [5, 5.41) is 4.14. The van der Waals surface area contributed by atoms with Crippen LogP contribution in [0.2, 0.25) is 0 Å². The van der Waals surface area contributed by atoms with E-state index in [0.717, 1.165) is 4.68 Å². The van der Waals surface area contributed by atoms with Crippen molar-refractivity contribution in [1.29, 1.82) is 0 Å². The third-order valence-electron chi connectivity index (χ3n) is 4.22. The van der Waals surface area contributed by atoms with Crippen LogP contribution in [0, 0.1) is 17.5 Å². The number of carbonyl (C=O) groups excluding carboxylic acids is 1. The van der Waals surface area contributed by atoms with Gasteiger partial charge in [0.05, 0.1) is 6.54 Å². The molecule has 0 saturated carbocycles. The Labute approximate surface area is 153 Å². The highest BCUT2D eigenvalue weighted by Gasteiger charge is 2.33. The van der Waals surface area contributed by atoms with E-state index in [-0.39, 0.29) is 12.1 Å². The molecule has 1 atom stereocenters. The van der Waals surface area contributed by atoms with E-state index in [1.165, 1.54) is 4.57 Å². The second kappa shape index (κ2) is 6.86. The fourth-order valence-corrected chi connectivity index (χ4v) is 3.07. The lowest BCUT2D eigenvalue weighted by Crippen LogP contribution is -2.38. The van der Waals surface area contributed by atoms with Crippen molar-refractivity contribution in [3.05, 3.63) is 51.5 Å². The number of esters is 1. The zero-order valence-corrected chi connectivity index (χ0v) is 15.3. The quantitative estimate of drug-likeness (QED) is 0.604. The first-order chi connectivity index (χ1) is 12.6. The van der Waals surface area contributed by atoms with Gasteiger partial charge in [-0.1, -0.05) is 0 Å². The van der Waals surface area contributed by atoms with Gasteiger partial charge in [0.2, 0.25) is 0 Å². The summed E-state index contributed by atoms with van der Waals surface area (Å²) in [6, 6.07) is 0.305. The molecule has 6 nitrogen and oxygen atoms in total. The van der Waals surface area contributed by atoms with Gasteiger partial charge in [0.15, 0.2) is 11.6 Å². The average molecular weight is 383 g/mol. The molecule has 1 aromatic carbocycles. The molecule has 0 aliphatic carbocycles. The Morgan fingerprint density at radius 3 is 2.56 bits per heavy atom. The molecule has 1 aliphatic heterocycles. The van der Waals surface area contributed by atoms with E-state index in [1.807, 2.05) is 0 Å². The van der Waals surface area contributed by atoms with Gasteiger partial charge in [-0.05, 0) is 39.7 Å². The predicted octanol–water partition coefficient (Wildman–Crippen LogP) is 2.73. The van der Waals surface area contributed by atoms with Crippen molar-refractivity contribution in [2.24, 2.45) is 0 Å². The maximum atomic E-state index is 13.9. The van der Waals surface area contributed by atoms with Crippen LogP contribution in [-0.4, -0.2) is 25.9 Å². The minimum absolute atomic E-state index is 0.208. The van der Waals surface area contributed by atoms with Crippen LogP contribution in [-0.2, 0) is 22.5 Å². The lowest BCUT2D eigenvalue weighted by Gasteiger charge is -2.26. The van der Waals surface area contributed by atoms with E-state index in [1.54, 1.807) is 20.8 Å². The van der Waals surface area contributed by atoms with Gasteiger partial charge in [-0.3, -0.25) is 4.57 Å². The fraction of sp³-hybridized carbons (Fsp3) is 0.500. The zero-order valence-electron chi connectivity index (χ0n) is 15.3. The second-order valence-electron chi connectivity index (χ2n) is 7.53. The van der Waals surface area contributed by atoms with E-state index in [2.05, 4.69) is 5.10 Å². The number of hydrogen-bond acceptors (Lipinski definition) is 4. The van der Waals surface area contributed by atoms with E-state index in [0.29, 0.717) is 37.2 Å². The van der Waals surface area contributed by atoms with Gasteiger partial charge >= 0.3 is 11.7 Å². The number of rotatable bonds is 3. The third kappa shape index (κ3) is 3.91. The molecule has 2 heterocycles. The highest BCUT2D eigenvalue weighted by atomic mass is 19.2. The summed E-state index contributed by atoms with van der Waals surface area (Å²) >= 11 is 0. The fourth-order valence-electron chi connectivity index (χ4n) is 3.07. The number of fused-ring (bicyclic) bond motifs is 1. The average Bonchev–Trinajstić information content (AvgIpc) is 2.87. The number of aromatic nitrogens is 3. The number of ether oxygens (including phenoxy) is 1. The van der Waals surface area contributed by atoms with Crippen LogP contribution >= 0.6 is 0 Å². The molecule has 0 spiro atoms. The Kier molecular flexibility index (Phi) is 4.88. The summed E-state index contributed by atoms with van der Waals surface area (Å²) in [7, 11) is 0. The monoisotopic (exact) mass is 383 g/mol. The van der Waals surface area contributed by atoms with Gasteiger partial charge in [0.25, 0.3) is 0 Å². The molecule has 0 saturated heterocycles. The van der Waals surface area contributed by atoms with Crippen molar-refractivity contribution in [1.82, 2.24) is 14.3 Å². The number of carbonyl (C=O) groups is 1. The highest BCUT2D eigenvalue weighted by molar-refractivity contribution is 5.74. The lowest BCUT2D eigenvalue weighted by molar-refractivity contribution is -0.159. The first kappa shape index (κ1) is 19.2. The Morgan fingerprint density at radius 2 is 1.89 bits per heavy atom.